The Morgan fingerprint density at radius 1 is 1.06 bits per heavy atom. The predicted molar refractivity (Wildman–Crippen MR) is 71.4 cm³/mol. The molecular weight excluding hydrogens is 198 g/mol. The van der Waals surface area contributed by atoms with Crippen LogP contribution in [0.4, 0.5) is 5.82 Å². The summed E-state index contributed by atoms with van der Waals surface area (Å²) in [6.45, 7) is 10.0. The molecule has 1 aromatic heterocycles. The maximum atomic E-state index is 5.65. The van der Waals surface area contributed by atoms with Crippen LogP contribution in [0.25, 0.3) is 10.8 Å². The van der Waals surface area contributed by atoms with Crippen LogP contribution in [-0.2, 0) is 0 Å². The smallest absolute Gasteiger partial charge is 0.153 e. The summed E-state index contributed by atoms with van der Waals surface area (Å²) in [4.78, 5) is 0. The summed E-state index contributed by atoms with van der Waals surface area (Å²) in [5.41, 5.74) is 6.83. The van der Waals surface area contributed by atoms with Crippen LogP contribution < -0.4 is 5.73 Å². The first-order valence-corrected chi connectivity index (χ1v) is 5.75. The minimum atomic E-state index is 0.496. The zero-order valence-electron chi connectivity index (χ0n) is 10.8. The third-order valence-electron chi connectivity index (χ3n) is 1.85. The summed E-state index contributed by atoms with van der Waals surface area (Å²) in [7, 11) is 0. The summed E-state index contributed by atoms with van der Waals surface area (Å²) < 4.78 is 0. The van der Waals surface area contributed by atoms with E-state index in [1.54, 1.807) is 6.20 Å². The number of benzene rings is 1. The standard InChI is InChI=1S/C9H9N3.2C2H6/c1-6-2-3-7-5-11-12-9(10)8(7)4-6;2*1-2/h2-5H,1H3,(H2,10,12);2*1-2H3. The summed E-state index contributed by atoms with van der Waals surface area (Å²) in [6.07, 6.45) is 1.71. The molecule has 0 aliphatic heterocycles. The minimum absolute atomic E-state index is 0.496. The van der Waals surface area contributed by atoms with Crippen LogP contribution in [0.2, 0.25) is 0 Å². The van der Waals surface area contributed by atoms with Gasteiger partial charge in [-0.3, -0.25) is 0 Å². The SMILES string of the molecule is CC.CC.Cc1ccc2cnnc(N)c2c1. The summed E-state index contributed by atoms with van der Waals surface area (Å²) in [5.74, 6) is 0.496. The van der Waals surface area contributed by atoms with E-state index in [2.05, 4.69) is 10.2 Å². The van der Waals surface area contributed by atoms with Gasteiger partial charge in [-0.15, -0.1) is 5.10 Å². The first-order chi connectivity index (χ1) is 7.77. The van der Waals surface area contributed by atoms with Gasteiger partial charge < -0.3 is 5.73 Å². The molecule has 0 unspecified atom stereocenters. The molecule has 2 aromatic rings. The van der Waals surface area contributed by atoms with Gasteiger partial charge in [-0.25, -0.2) is 0 Å². The Hall–Kier alpha value is -1.64. The molecule has 2 N–H and O–H groups in total. The van der Waals surface area contributed by atoms with Crippen LogP contribution in [0.3, 0.4) is 0 Å². The quantitative estimate of drug-likeness (QED) is 0.737. The summed E-state index contributed by atoms with van der Waals surface area (Å²) in [5, 5.41) is 9.56. The average Bonchev–Trinajstić information content (AvgIpc) is 2.35. The molecule has 0 radical (unpaired) electrons. The van der Waals surface area contributed by atoms with Crippen LogP contribution in [-0.4, -0.2) is 10.2 Å². The second-order valence-electron chi connectivity index (χ2n) is 2.82. The van der Waals surface area contributed by atoms with E-state index in [9.17, 15) is 0 Å². The highest BCUT2D eigenvalue weighted by Gasteiger charge is 1.98. The normalized spacial score (nSPS) is 8.56. The van der Waals surface area contributed by atoms with Crippen molar-refractivity contribution < 1.29 is 0 Å². The van der Waals surface area contributed by atoms with Gasteiger partial charge in [0, 0.05) is 10.8 Å². The molecule has 0 spiro atoms. The molecule has 0 amide bonds. The molecule has 0 bridgehead atoms. The predicted octanol–water partition coefficient (Wildman–Crippen LogP) is 3.57. The lowest BCUT2D eigenvalue weighted by molar-refractivity contribution is 1.06. The summed E-state index contributed by atoms with van der Waals surface area (Å²) >= 11 is 0. The number of hydrogen-bond acceptors (Lipinski definition) is 3. The molecular formula is C13H21N3. The monoisotopic (exact) mass is 219 g/mol. The van der Waals surface area contributed by atoms with Crippen molar-refractivity contribution in [3.63, 3.8) is 0 Å². The number of nitrogens with two attached hydrogens (primary N) is 1. The Labute approximate surface area is 97.7 Å². The van der Waals surface area contributed by atoms with Gasteiger partial charge in [0.15, 0.2) is 5.82 Å². The van der Waals surface area contributed by atoms with Gasteiger partial charge in [0.25, 0.3) is 0 Å². The van der Waals surface area contributed by atoms with Gasteiger partial charge in [-0.05, 0) is 13.0 Å². The maximum Gasteiger partial charge on any atom is 0.153 e. The molecule has 0 aliphatic carbocycles. The average molecular weight is 219 g/mol. The third kappa shape index (κ3) is 3.50. The molecule has 3 nitrogen and oxygen atoms in total. The zero-order chi connectivity index (χ0) is 12.6. The topological polar surface area (TPSA) is 51.8 Å². The molecule has 88 valence electrons. The lowest BCUT2D eigenvalue weighted by Gasteiger charge is -1.99. The molecule has 16 heavy (non-hydrogen) atoms. The van der Waals surface area contributed by atoms with Crippen molar-refractivity contribution >= 4 is 16.6 Å². The molecule has 0 atom stereocenters. The van der Waals surface area contributed by atoms with Crippen LogP contribution >= 0.6 is 0 Å². The van der Waals surface area contributed by atoms with E-state index in [-0.39, 0.29) is 0 Å². The van der Waals surface area contributed by atoms with E-state index in [4.69, 9.17) is 5.73 Å². The van der Waals surface area contributed by atoms with Gasteiger partial charge in [0.2, 0.25) is 0 Å². The van der Waals surface area contributed by atoms with E-state index in [1.807, 2.05) is 52.8 Å². The number of nitrogen functional groups attached to an aromatic ring is 1. The molecule has 2 rings (SSSR count). The molecule has 0 saturated heterocycles. The molecule has 0 saturated carbocycles. The first-order valence-electron chi connectivity index (χ1n) is 5.75. The van der Waals surface area contributed by atoms with E-state index >= 15 is 0 Å². The van der Waals surface area contributed by atoms with Crippen molar-refractivity contribution in [3.05, 3.63) is 30.0 Å². The van der Waals surface area contributed by atoms with Crippen molar-refractivity contribution in [1.82, 2.24) is 10.2 Å². The Morgan fingerprint density at radius 3 is 2.31 bits per heavy atom. The van der Waals surface area contributed by atoms with Crippen molar-refractivity contribution in [2.24, 2.45) is 0 Å². The van der Waals surface area contributed by atoms with Crippen LogP contribution in [0.1, 0.15) is 33.3 Å². The Kier molecular flexibility index (Phi) is 6.84. The van der Waals surface area contributed by atoms with Crippen molar-refractivity contribution in [2.75, 3.05) is 5.73 Å². The second kappa shape index (κ2) is 7.63. The first kappa shape index (κ1) is 14.4. The number of nitrogens with zero attached hydrogens (tertiary/aromatic N) is 2. The van der Waals surface area contributed by atoms with Crippen molar-refractivity contribution in [3.8, 4) is 0 Å². The third-order valence-corrected chi connectivity index (χ3v) is 1.85. The molecule has 0 aliphatic rings. The number of hydrogen-bond donors (Lipinski definition) is 1. The lowest BCUT2D eigenvalue weighted by atomic mass is 10.1. The number of aryl methyl sites for hydroxylation is 1. The number of rotatable bonds is 0. The zero-order valence-corrected chi connectivity index (χ0v) is 10.8. The summed E-state index contributed by atoms with van der Waals surface area (Å²) in [6, 6.07) is 6.04. The van der Waals surface area contributed by atoms with E-state index in [1.165, 1.54) is 5.56 Å². The van der Waals surface area contributed by atoms with Crippen LogP contribution in [0.5, 0.6) is 0 Å². The lowest BCUT2D eigenvalue weighted by Crippen LogP contribution is -1.93. The van der Waals surface area contributed by atoms with Crippen molar-refractivity contribution in [2.45, 2.75) is 34.6 Å². The maximum absolute atomic E-state index is 5.65. The second-order valence-corrected chi connectivity index (χ2v) is 2.82. The molecule has 3 heteroatoms. The van der Waals surface area contributed by atoms with Crippen LogP contribution in [0.15, 0.2) is 24.4 Å². The van der Waals surface area contributed by atoms with Crippen molar-refractivity contribution in [1.29, 1.82) is 0 Å². The molecule has 1 heterocycles. The van der Waals surface area contributed by atoms with Gasteiger partial charge in [0.05, 0.1) is 6.20 Å². The van der Waals surface area contributed by atoms with E-state index < -0.39 is 0 Å². The molecule has 1 aromatic carbocycles. The number of aromatic nitrogens is 2. The fraction of sp³-hybridized carbons (Fsp3) is 0.385. The fourth-order valence-electron chi connectivity index (χ4n) is 1.21. The van der Waals surface area contributed by atoms with E-state index in [0.29, 0.717) is 5.82 Å². The largest absolute Gasteiger partial charge is 0.382 e. The van der Waals surface area contributed by atoms with Gasteiger partial charge in [-0.2, -0.15) is 5.10 Å². The van der Waals surface area contributed by atoms with Gasteiger partial charge in [0.1, 0.15) is 0 Å². The fourth-order valence-corrected chi connectivity index (χ4v) is 1.21. The van der Waals surface area contributed by atoms with E-state index in [0.717, 1.165) is 10.8 Å². The molecule has 0 fully saturated rings. The Balaban J connectivity index is 0.000000509. The Morgan fingerprint density at radius 2 is 1.69 bits per heavy atom. The van der Waals surface area contributed by atoms with Gasteiger partial charge in [-0.1, -0.05) is 45.4 Å². The number of anilines is 1. The highest BCUT2D eigenvalue weighted by Crippen LogP contribution is 2.18. The highest BCUT2D eigenvalue weighted by molar-refractivity contribution is 5.90. The van der Waals surface area contributed by atoms with Crippen LogP contribution in [0, 0.1) is 6.92 Å². The number of fused-ring (bicyclic) bond motifs is 1. The Bertz CT molecular complexity index is 424. The highest BCUT2D eigenvalue weighted by atomic mass is 15.1. The minimum Gasteiger partial charge on any atom is -0.382 e. The van der Waals surface area contributed by atoms with Gasteiger partial charge >= 0.3 is 0 Å².